The van der Waals surface area contributed by atoms with Crippen LogP contribution in [0.2, 0.25) is 0 Å². The number of nitrogens with one attached hydrogen (secondary N) is 1. The van der Waals surface area contributed by atoms with Crippen LogP contribution < -0.4 is 5.32 Å². The largest absolute Gasteiger partial charge is 0.381 e. The van der Waals surface area contributed by atoms with Gasteiger partial charge in [0.2, 0.25) is 5.91 Å². The number of rotatable bonds is 5. The molecule has 18 heavy (non-hydrogen) atoms. The molecule has 1 aromatic rings. The second-order valence-electron chi connectivity index (χ2n) is 5.21. The van der Waals surface area contributed by atoms with Gasteiger partial charge in [-0.05, 0) is 25.2 Å². The second-order valence-corrected chi connectivity index (χ2v) is 5.21. The van der Waals surface area contributed by atoms with Crippen molar-refractivity contribution in [3.63, 3.8) is 0 Å². The zero-order valence-corrected chi connectivity index (χ0v) is 10.4. The van der Waals surface area contributed by atoms with Crippen LogP contribution >= 0.6 is 0 Å². The number of carbonyl (C=O) groups is 1. The molecule has 1 aliphatic heterocycles. The summed E-state index contributed by atoms with van der Waals surface area (Å²) in [6.45, 7) is 1.96. The molecule has 0 unspecified atom stereocenters. The minimum Gasteiger partial charge on any atom is -0.381 e. The molecule has 3 rings (SSSR count). The van der Waals surface area contributed by atoms with Crippen molar-refractivity contribution in [3.8, 4) is 0 Å². The molecule has 1 atom stereocenters. The van der Waals surface area contributed by atoms with E-state index in [-0.39, 0.29) is 5.91 Å². The smallest absolute Gasteiger partial charge is 0.220 e. The monoisotopic (exact) mass is 250 g/mol. The highest BCUT2D eigenvalue weighted by molar-refractivity contribution is 5.76. The lowest BCUT2D eigenvalue weighted by molar-refractivity contribution is -0.122. The summed E-state index contributed by atoms with van der Waals surface area (Å²) in [6, 6.07) is 1.95. The van der Waals surface area contributed by atoms with Crippen molar-refractivity contribution in [1.82, 2.24) is 10.5 Å². The first-order valence-corrected chi connectivity index (χ1v) is 6.61. The number of hydrogen-bond acceptors (Lipinski definition) is 4. The molecule has 0 radical (unpaired) electrons. The third-order valence-electron chi connectivity index (χ3n) is 3.52. The fraction of sp³-hybridized carbons (Fsp3) is 0.692. The quantitative estimate of drug-likeness (QED) is 0.862. The predicted molar refractivity (Wildman–Crippen MR) is 63.9 cm³/mol. The molecule has 2 heterocycles. The van der Waals surface area contributed by atoms with E-state index in [9.17, 15) is 4.79 Å². The summed E-state index contributed by atoms with van der Waals surface area (Å²) >= 11 is 0. The third-order valence-corrected chi connectivity index (χ3v) is 3.52. The minimum atomic E-state index is 0.0708. The van der Waals surface area contributed by atoms with Gasteiger partial charge in [-0.3, -0.25) is 4.79 Å². The lowest BCUT2D eigenvalue weighted by Gasteiger charge is -2.06. The van der Waals surface area contributed by atoms with Crippen LogP contribution in [-0.4, -0.2) is 24.3 Å². The highest BCUT2D eigenvalue weighted by atomic mass is 16.5. The van der Waals surface area contributed by atoms with Gasteiger partial charge in [0.25, 0.3) is 0 Å². The van der Waals surface area contributed by atoms with E-state index in [1.54, 1.807) is 0 Å². The first kappa shape index (κ1) is 11.7. The van der Waals surface area contributed by atoms with E-state index in [1.807, 2.05) is 6.07 Å². The van der Waals surface area contributed by atoms with Gasteiger partial charge < -0.3 is 14.6 Å². The van der Waals surface area contributed by atoms with E-state index in [4.69, 9.17) is 9.26 Å². The second kappa shape index (κ2) is 5.10. The van der Waals surface area contributed by atoms with Crippen LogP contribution in [0, 0.1) is 5.92 Å². The zero-order chi connectivity index (χ0) is 12.4. The number of nitrogens with zero attached hydrogens (tertiary/aromatic N) is 1. The maximum Gasteiger partial charge on any atom is 0.220 e. The molecule has 1 amide bonds. The van der Waals surface area contributed by atoms with Crippen LogP contribution in [-0.2, 0) is 16.1 Å². The van der Waals surface area contributed by atoms with Crippen molar-refractivity contribution in [1.29, 1.82) is 0 Å². The van der Waals surface area contributed by atoms with Crippen molar-refractivity contribution in [3.05, 3.63) is 17.5 Å². The molecular weight excluding hydrogens is 232 g/mol. The van der Waals surface area contributed by atoms with Crippen molar-refractivity contribution in [2.45, 2.75) is 38.1 Å². The molecule has 2 aliphatic rings. The summed E-state index contributed by atoms with van der Waals surface area (Å²) in [7, 11) is 0. The first-order valence-electron chi connectivity index (χ1n) is 6.61. The van der Waals surface area contributed by atoms with Crippen LogP contribution in [0.5, 0.6) is 0 Å². The Hall–Kier alpha value is -1.36. The number of aromatic nitrogens is 1. The lowest BCUT2D eigenvalue weighted by Crippen LogP contribution is -2.25. The Morgan fingerprint density at radius 2 is 2.33 bits per heavy atom. The summed E-state index contributed by atoms with van der Waals surface area (Å²) < 4.78 is 10.5. The molecule has 5 heteroatoms. The molecule has 1 N–H and O–H groups in total. The van der Waals surface area contributed by atoms with Crippen molar-refractivity contribution in [2.75, 3.05) is 13.2 Å². The van der Waals surface area contributed by atoms with Crippen molar-refractivity contribution >= 4 is 5.91 Å². The van der Waals surface area contributed by atoms with Gasteiger partial charge in [0.1, 0.15) is 11.5 Å². The average molecular weight is 250 g/mol. The number of carbonyl (C=O) groups excluding carboxylic acids is 1. The first-order chi connectivity index (χ1) is 8.81. The molecule has 0 aromatic carbocycles. The molecule has 98 valence electrons. The van der Waals surface area contributed by atoms with Gasteiger partial charge >= 0.3 is 0 Å². The summed E-state index contributed by atoms with van der Waals surface area (Å²) in [6.07, 6.45) is 3.93. The standard InChI is InChI=1S/C13H18N2O3/c16-13(5-9-3-4-17-8-9)14-7-11-6-12(18-15-11)10-1-2-10/h6,9-10H,1-5,7-8H2,(H,14,16)/t9-/m0/s1. The van der Waals surface area contributed by atoms with E-state index in [0.29, 0.717) is 31.4 Å². The van der Waals surface area contributed by atoms with Gasteiger partial charge in [-0.1, -0.05) is 5.16 Å². The van der Waals surface area contributed by atoms with E-state index >= 15 is 0 Å². The highest BCUT2D eigenvalue weighted by Gasteiger charge is 2.27. The normalized spacial score (nSPS) is 23.2. The molecule has 1 saturated heterocycles. The van der Waals surface area contributed by atoms with E-state index in [0.717, 1.165) is 24.5 Å². The molecule has 2 fully saturated rings. The van der Waals surface area contributed by atoms with Crippen molar-refractivity contribution in [2.24, 2.45) is 5.92 Å². The van der Waals surface area contributed by atoms with Gasteiger partial charge in [-0.15, -0.1) is 0 Å². The number of amides is 1. The van der Waals surface area contributed by atoms with E-state index in [1.165, 1.54) is 12.8 Å². The minimum absolute atomic E-state index is 0.0708. The SMILES string of the molecule is O=C(C[C@@H]1CCOC1)NCc1cc(C2CC2)on1. The Bertz CT molecular complexity index is 420. The number of ether oxygens (including phenoxy) is 1. The van der Waals surface area contributed by atoms with Gasteiger partial charge in [-0.25, -0.2) is 0 Å². The summed E-state index contributed by atoms with van der Waals surface area (Å²) in [5, 5.41) is 6.85. The lowest BCUT2D eigenvalue weighted by atomic mass is 10.1. The molecule has 1 saturated carbocycles. The van der Waals surface area contributed by atoms with Gasteiger partial charge in [0.05, 0.1) is 6.54 Å². The van der Waals surface area contributed by atoms with Crippen molar-refractivity contribution < 1.29 is 14.1 Å². The maximum absolute atomic E-state index is 11.7. The van der Waals surface area contributed by atoms with Crippen LogP contribution in [0.25, 0.3) is 0 Å². The molecule has 0 bridgehead atoms. The van der Waals surface area contributed by atoms with Gasteiger partial charge in [-0.2, -0.15) is 0 Å². The fourth-order valence-corrected chi connectivity index (χ4v) is 2.24. The Labute approximate surface area is 106 Å². The highest BCUT2D eigenvalue weighted by Crippen LogP contribution is 2.40. The van der Waals surface area contributed by atoms with Crippen LogP contribution in [0.4, 0.5) is 0 Å². The Kier molecular flexibility index (Phi) is 3.32. The van der Waals surface area contributed by atoms with E-state index < -0.39 is 0 Å². The fourth-order valence-electron chi connectivity index (χ4n) is 2.24. The van der Waals surface area contributed by atoms with E-state index in [2.05, 4.69) is 10.5 Å². The van der Waals surface area contributed by atoms with Gasteiger partial charge in [0, 0.05) is 31.6 Å². The summed E-state index contributed by atoms with van der Waals surface area (Å²) in [5.74, 6) is 1.98. The van der Waals surface area contributed by atoms with Gasteiger partial charge in [0.15, 0.2) is 0 Å². The maximum atomic E-state index is 11.7. The molecular formula is C13H18N2O3. The molecule has 1 aliphatic carbocycles. The predicted octanol–water partition coefficient (Wildman–Crippen LogP) is 1.59. The number of hydrogen-bond donors (Lipinski definition) is 1. The topological polar surface area (TPSA) is 64.4 Å². The Balaban J connectivity index is 1.43. The molecule has 5 nitrogen and oxygen atoms in total. The molecule has 1 aromatic heterocycles. The average Bonchev–Trinajstić information content (AvgIpc) is 2.90. The third kappa shape index (κ3) is 2.90. The summed E-state index contributed by atoms with van der Waals surface area (Å²) in [5.41, 5.74) is 0.813. The van der Waals surface area contributed by atoms with Crippen LogP contribution in [0.3, 0.4) is 0 Å². The van der Waals surface area contributed by atoms with Crippen LogP contribution in [0.1, 0.15) is 43.1 Å². The summed E-state index contributed by atoms with van der Waals surface area (Å²) in [4.78, 5) is 11.7. The zero-order valence-electron chi connectivity index (χ0n) is 10.4. The van der Waals surface area contributed by atoms with Crippen LogP contribution in [0.15, 0.2) is 10.6 Å². The molecule has 0 spiro atoms. The Morgan fingerprint density at radius 3 is 3.06 bits per heavy atom. The Morgan fingerprint density at radius 1 is 1.44 bits per heavy atom.